The topological polar surface area (TPSA) is 64.6 Å². The number of carbonyl (C=O) groups is 2. The predicted molar refractivity (Wildman–Crippen MR) is 99.4 cm³/mol. The van der Waals surface area contributed by atoms with Crippen LogP contribution in [0, 0.1) is 5.92 Å². The number of rotatable bonds is 6. The van der Waals surface area contributed by atoms with Gasteiger partial charge >= 0.3 is 12.1 Å². The van der Waals surface area contributed by atoms with Crippen LogP contribution in [0.5, 0.6) is 0 Å². The molecule has 0 spiro atoms. The van der Waals surface area contributed by atoms with E-state index in [0.29, 0.717) is 12.2 Å². The average Bonchev–Trinajstić information content (AvgIpc) is 2.85. The minimum atomic E-state index is -0.564. The third-order valence-electron chi connectivity index (χ3n) is 3.82. The van der Waals surface area contributed by atoms with Crippen LogP contribution in [-0.2, 0) is 20.0 Å². The van der Waals surface area contributed by atoms with E-state index in [9.17, 15) is 9.59 Å². The molecule has 0 unspecified atom stereocenters. The molecular weight excluding hydrogens is 338 g/mol. The van der Waals surface area contributed by atoms with Gasteiger partial charge in [0.25, 0.3) is 0 Å². The summed E-state index contributed by atoms with van der Waals surface area (Å²) in [5.41, 5.74) is 0.658. The van der Waals surface area contributed by atoms with Crippen molar-refractivity contribution in [1.82, 2.24) is 5.32 Å². The molecule has 1 aliphatic heterocycles. The van der Waals surface area contributed by atoms with Gasteiger partial charge in [0.15, 0.2) is 0 Å². The van der Waals surface area contributed by atoms with Crippen LogP contribution in [0.25, 0.3) is 0 Å². The third kappa shape index (κ3) is 6.61. The highest BCUT2D eigenvalue weighted by Gasteiger charge is 2.37. The molecule has 25 heavy (non-hydrogen) atoms. The lowest BCUT2D eigenvalue weighted by molar-refractivity contribution is -0.144. The number of thioether (sulfide) groups is 1. The van der Waals surface area contributed by atoms with Gasteiger partial charge in [-0.05, 0) is 32.8 Å². The highest BCUT2D eigenvalue weighted by Crippen LogP contribution is 2.25. The molecule has 1 heterocycles. The first-order valence-corrected chi connectivity index (χ1v) is 9.72. The molecule has 1 aromatic rings. The molecule has 1 aromatic carbocycles. The fraction of sp³-hybridized carbons (Fsp3) is 0.579. The zero-order valence-corrected chi connectivity index (χ0v) is 16.1. The second kappa shape index (κ2) is 8.61. The number of ether oxygens (including phenoxy) is 2. The number of carbonyl (C=O) groups excluding carboxylic acids is 2. The largest absolute Gasteiger partial charge is 0.460 e. The minimum Gasteiger partial charge on any atom is -0.460 e. The maximum absolute atomic E-state index is 12.1. The number of alkyl carbamates (subject to hydrolysis) is 1. The van der Waals surface area contributed by atoms with Crippen LogP contribution in [0.2, 0.25) is 0 Å². The van der Waals surface area contributed by atoms with Crippen LogP contribution in [0.15, 0.2) is 30.3 Å². The SMILES string of the molecule is C[C@@H]1C[C@@H]([C@H](CSCc2ccccc2)NC(=O)OC(C)(C)C)OC1=O. The molecule has 1 aliphatic rings. The van der Waals surface area contributed by atoms with Crippen LogP contribution in [-0.4, -0.2) is 35.6 Å². The quantitative estimate of drug-likeness (QED) is 0.778. The summed E-state index contributed by atoms with van der Waals surface area (Å²) in [6.07, 6.45) is -0.169. The molecule has 5 nitrogen and oxygen atoms in total. The van der Waals surface area contributed by atoms with Gasteiger partial charge in [-0.25, -0.2) is 4.79 Å². The summed E-state index contributed by atoms with van der Waals surface area (Å²) in [6, 6.07) is 9.87. The van der Waals surface area contributed by atoms with Crippen molar-refractivity contribution >= 4 is 23.8 Å². The Bertz CT molecular complexity index is 585. The number of hydrogen-bond donors (Lipinski definition) is 1. The number of cyclic esters (lactones) is 1. The van der Waals surface area contributed by atoms with Gasteiger partial charge in [-0.15, -0.1) is 0 Å². The molecule has 1 amide bonds. The Morgan fingerprint density at radius 3 is 2.60 bits per heavy atom. The highest BCUT2D eigenvalue weighted by atomic mass is 32.2. The maximum atomic E-state index is 12.1. The molecule has 0 radical (unpaired) electrons. The lowest BCUT2D eigenvalue weighted by Crippen LogP contribution is -2.47. The molecule has 0 aromatic heterocycles. The molecule has 6 heteroatoms. The van der Waals surface area contributed by atoms with Gasteiger partial charge in [0.05, 0.1) is 12.0 Å². The van der Waals surface area contributed by atoms with Gasteiger partial charge in [-0.2, -0.15) is 11.8 Å². The van der Waals surface area contributed by atoms with E-state index in [4.69, 9.17) is 9.47 Å². The van der Waals surface area contributed by atoms with E-state index in [1.165, 1.54) is 5.56 Å². The van der Waals surface area contributed by atoms with E-state index in [1.54, 1.807) is 11.8 Å². The smallest absolute Gasteiger partial charge is 0.408 e. The summed E-state index contributed by atoms with van der Waals surface area (Å²) in [5.74, 6) is 1.16. The minimum absolute atomic E-state index is 0.132. The fourth-order valence-corrected chi connectivity index (χ4v) is 3.68. The van der Waals surface area contributed by atoms with Crippen molar-refractivity contribution in [3.05, 3.63) is 35.9 Å². The standard InChI is InChI=1S/C19H27NO4S/c1-13-10-16(23-17(13)21)15(20-18(22)24-19(2,3)4)12-25-11-14-8-6-5-7-9-14/h5-9,13,15-16H,10-12H2,1-4H3,(H,20,22)/t13-,15+,16+/m1/s1. The summed E-state index contributed by atoms with van der Waals surface area (Å²) >= 11 is 1.70. The monoisotopic (exact) mass is 365 g/mol. The summed E-state index contributed by atoms with van der Waals surface area (Å²) in [5, 5.41) is 2.88. The molecule has 3 atom stereocenters. The van der Waals surface area contributed by atoms with Crippen LogP contribution in [0.4, 0.5) is 4.79 Å². The Balaban J connectivity index is 1.94. The first-order valence-electron chi connectivity index (χ1n) is 8.56. The molecule has 1 N–H and O–H groups in total. The van der Waals surface area contributed by atoms with E-state index in [0.717, 1.165) is 5.75 Å². The molecule has 0 bridgehead atoms. The van der Waals surface area contributed by atoms with Gasteiger partial charge in [0.2, 0.25) is 0 Å². The van der Waals surface area contributed by atoms with E-state index >= 15 is 0 Å². The van der Waals surface area contributed by atoms with Crippen molar-refractivity contribution in [2.24, 2.45) is 5.92 Å². The summed E-state index contributed by atoms with van der Waals surface area (Å²) < 4.78 is 10.8. The first kappa shape index (κ1) is 19.6. The Morgan fingerprint density at radius 1 is 1.36 bits per heavy atom. The predicted octanol–water partition coefficient (Wildman–Crippen LogP) is 3.76. The fourth-order valence-electron chi connectivity index (χ4n) is 2.58. The van der Waals surface area contributed by atoms with Crippen LogP contribution >= 0.6 is 11.8 Å². The van der Waals surface area contributed by atoms with E-state index in [1.807, 2.05) is 45.9 Å². The highest BCUT2D eigenvalue weighted by molar-refractivity contribution is 7.98. The second-order valence-electron chi connectivity index (χ2n) is 7.37. The van der Waals surface area contributed by atoms with Crippen molar-refractivity contribution in [1.29, 1.82) is 0 Å². The zero-order valence-electron chi connectivity index (χ0n) is 15.3. The van der Waals surface area contributed by atoms with Gasteiger partial charge in [0, 0.05) is 11.5 Å². The van der Waals surface area contributed by atoms with Gasteiger partial charge in [-0.1, -0.05) is 37.3 Å². The summed E-state index contributed by atoms with van der Waals surface area (Å²) in [7, 11) is 0. The van der Waals surface area contributed by atoms with E-state index in [2.05, 4.69) is 17.4 Å². The Hall–Kier alpha value is -1.69. The van der Waals surface area contributed by atoms with Gasteiger partial charge in [0.1, 0.15) is 11.7 Å². The van der Waals surface area contributed by atoms with E-state index in [-0.39, 0.29) is 24.0 Å². The number of benzene rings is 1. The Labute approximate surface area is 153 Å². The first-order chi connectivity index (χ1) is 11.7. The lowest BCUT2D eigenvalue weighted by atomic mass is 10.0. The van der Waals surface area contributed by atoms with Crippen LogP contribution in [0.3, 0.4) is 0 Å². The second-order valence-corrected chi connectivity index (χ2v) is 8.40. The number of amides is 1. The molecule has 0 saturated carbocycles. The maximum Gasteiger partial charge on any atom is 0.408 e. The lowest BCUT2D eigenvalue weighted by Gasteiger charge is -2.26. The summed E-state index contributed by atoms with van der Waals surface area (Å²) in [4.78, 5) is 23.9. The van der Waals surface area contributed by atoms with Gasteiger partial charge < -0.3 is 14.8 Å². The molecule has 138 valence electrons. The number of esters is 1. The van der Waals surface area contributed by atoms with Crippen molar-refractivity contribution in [2.75, 3.05) is 5.75 Å². The van der Waals surface area contributed by atoms with Crippen molar-refractivity contribution in [3.8, 4) is 0 Å². The van der Waals surface area contributed by atoms with Crippen molar-refractivity contribution in [2.45, 2.75) is 57.6 Å². The molecule has 0 aliphatic carbocycles. The van der Waals surface area contributed by atoms with Crippen molar-refractivity contribution < 1.29 is 19.1 Å². The Kier molecular flexibility index (Phi) is 6.76. The molecular formula is C19H27NO4S. The average molecular weight is 365 g/mol. The zero-order chi connectivity index (χ0) is 18.4. The molecule has 1 fully saturated rings. The summed E-state index contributed by atoms with van der Waals surface area (Å²) in [6.45, 7) is 7.32. The van der Waals surface area contributed by atoms with Crippen LogP contribution in [0.1, 0.15) is 39.7 Å². The molecule has 2 rings (SSSR count). The van der Waals surface area contributed by atoms with Crippen LogP contribution < -0.4 is 5.32 Å². The van der Waals surface area contributed by atoms with Crippen molar-refractivity contribution in [3.63, 3.8) is 0 Å². The third-order valence-corrected chi connectivity index (χ3v) is 4.95. The van der Waals surface area contributed by atoms with Gasteiger partial charge in [-0.3, -0.25) is 4.79 Å². The number of hydrogen-bond acceptors (Lipinski definition) is 5. The number of nitrogens with one attached hydrogen (secondary N) is 1. The normalized spacial score (nSPS) is 21.5. The Morgan fingerprint density at radius 2 is 2.04 bits per heavy atom. The molecule has 1 saturated heterocycles. The van der Waals surface area contributed by atoms with E-state index < -0.39 is 11.7 Å².